The van der Waals surface area contributed by atoms with Gasteiger partial charge in [0, 0.05) is 18.8 Å². The molecule has 0 aromatic heterocycles. The van der Waals surface area contributed by atoms with E-state index in [2.05, 4.69) is 11.5 Å². The first-order valence-corrected chi connectivity index (χ1v) is 5.91. The van der Waals surface area contributed by atoms with Crippen LogP contribution >= 0.6 is 0 Å². The van der Waals surface area contributed by atoms with Crippen molar-refractivity contribution in [3.8, 4) is 0 Å². The van der Waals surface area contributed by atoms with Crippen LogP contribution in [-0.2, 0) is 4.79 Å². The average Bonchev–Trinajstić information content (AvgIpc) is 2.35. The SMILES string of the molecule is C=CCCN1CCC(C(=O)O)c2ccccc21. The molecule has 0 radical (unpaired) electrons. The largest absolute Gasteiger partial charge is 0.481 e. The minimum Gasteiger partial charge on any atom is -0.481 e. The molecule has 1 N–H and O–H groups in total. The predicted molar refractivity (Wildman–Crippen MR) is 68.5 cm³/mol. The minimum absolute atomic E-state index is 0.355. The molecule has 1 aromatic rings. The smallest absolute Gasteiger partial charge is 0.311 e. The Morgan fingerprint density at radius 1 is 1.53 bits per heavy atom. The van der Waals surface area contributed by atoms with Crippen LogP contribution in [0.25, 0.3) is 0 Å². The molecule has 0 amide bonds. The summed E-state index contributed by atoms with van der Waals surface area (Å²) in [6.45, 7) is 5.44. The summed E-state index contributed by atoms with van der Waals surface area (Å²) in [6, 6.07) is 7.80. The number of hydrogen-bond acceptors (Lipinski definition) is 2. The number of nitrogens with zero attached hydrogens (tertiary/aromatic N) is 1. The van der Waals surface area contributed by atoms with Crippen LogP contribution < -0.4 is 4.90 Å². The van der Waals surface area contributed by atoms with E-state index in [0.29, 0.717) is 6.42 Å². The maximum atomic E-state index is 11.2. The van der Waals surface area contributed by atoms with Gasteiger partial charge in [-0.2, -0.15) is 0 Å². The molecule has 1 heterocycles. The van der Waals surface area contributed by atoms with Gasteiger partial charge in [0.25, 0.3) is 0 Å². The van der Waals surface area contributed by atoms with Crippen molar-refractivity contribution in [2.75, 3.05) is 18.0 Å². The lowest BCUT2D eigenvalue weighted by Gasteiger charge is -2.34. The second kappa shape index (κ2) is 5.04. The highest BCUT2D eigenvalue weighted by Gasteiger charge is 2.28. The monoisotopic (exact) mass is 231 g/mol. The molecule has 3 nitrogen and oxygen atoms in total. The highest BCUT2D eigenvalue weighted by Crippen LogP contribution is 2.35. The molecule has 90 valence electrons. The number of para-hydroxylation sites is 1. The first-order chi connectivity index (χ1) is 8.24. The van der Waals surface area contributed by atoms with Crippen molar-refractivity contribution in [2.45, 2.75) is 18.8 Å². The Morgan fingerprint density at radius 2 is 2.29 bits per heavy atom. The van der Waals surface area contributed by atoms with E-state index < -0.39 is 5.97 Å². The molecule has 0 saturated carbocycles. The quantitative estimate of drug-likeness (QED) is 0.810. The Balaban J connectivity index is 2.29. The van der Waals surface area contributed by atoms with Crippen molar-refractivity contribution < 1.29 is 9.90 Å². The molecule has 0 fully saturated rings. The minimum atomic E-state index is -0.721. The molecule has 1 aromatic carbocycles. The molecule has 3 heteroatoms. The first-order valence-electron chi connectivity index (χ1n) is 5.91. The number of aliphatic carboxylic acids is 1. The van der Waals surface area contributed by atoms with Crippen molar-refractivity contribution in [1.82, 2.24) is 0 Å². The summed E-state index contributed by atoms with van der Waals surface area (Å²) in [6.07, 6.45) is 3.50. The van der Waals surface area contributed by atoms with Crippen molar-refractivity contribution in [3.63, 3.8) is 0 Å². The van der Waals surface area contributed by atoms with Crippen LogP contribution in [0, 0.1) is 0 Å². The number of carbonyl (C=O) groups is 1. The fourth-order valence-electron chi connectivity index (χ4n) is 2.37. The van der Waals surface area contributed by atoms with Crippen LogP contribution in [0.2, 0.25) is 0 Å². The molecular formula is C14H17NO2. The van der Waals surface area contributed by atoms with Crippen LogP contribution in [-0.4, -0.2) is 24.2 Å². The summed E-state index contributed by atoms with van der Waals surface area (Å²) >= 11 is 0. The second-order valence-corrected chi connectivity index (χ2v) is 4.30. The summed E-state index contributed by atoms with van der Waals surface area (Å²) < 4.78 is 0. The van der Waals surface area contributed by atoms with Crippen LogP contribution in [0.15, 0.2) is 36.9 Å². The lowest BCUT2D eigenvalue weighted by molar-refractivity contribution is -0.139. The van der Waals surface area contributed by atoms with Gasteiger partial charge in [-0.25, -0.2) is 0 Å². The standard InChI is InChI=1S/C14H17NO2/c1-2-3-9-15-10-8-12(14(16)17)11-6-4-5-7-13(11)15/h2,4-7,12H,1,3,8-10H2,(H,16,17). The van der Waals surface area contributed by atoms with Gasteiger partial charge in [0.1, 0.15) is 0 Å². The van der Waals surface area contributed by atoms with Gasteiger partial charge in [-0.3, -0.25) is 4.79 Å². The molecule has 1 atom stereocenters. The molecule has 0 spiro atoms. The molecule has 1 aliphatic rings. The van der Waals surface area contributed by atoms with Crippen LogP contribution in [0.4, 0.5) is 5.69 Å². The Hall–Kier alpha value is -1.77. The second-order valence-electron chi connectivity index (χ2n) is 4.30. The maximum absolute atomic E-state index is 11.2. The van der Waals surface area contributed by atoms with E-state index in [1.807, 2.05) is 30.3 Å². The van der Waals surface area contributed by atoms with Crippen LogP contribution in [0.1, 0.15) is 24.3 Å². The number of carboxylic acids is 1. The fourth-order valence-corrected chi connectivity index (χ4v) is 2.37. The number of anilines is 1. The Bertz CT molecular complexity index is 428. The lowest BCUT2D eigenvalue weighted by atomic mass is 9.90. The van der Waals surface area contributed by atoms with Gasteiger partial charge in [-0.05, 0) is 24.5 Å². The Kier molecular flexibility index (Phi) is 3.47. The number of carboxylic acid groups (broad SMARTS) is 1. The number of fused-ring (bicyclic) bond motifs is 1. The molecule has 1 aliphatic heterocycles. The fraction of sp³-hybridized carbons (Fsp3) is 0.357. The van der Waals surface area contributed by atoms with Crippen molar-refractivity contribution in [2.24, 2.45) is 0 Å². The third-order valence-corrected chi connectivity index (χ3v) is 3.24. The van der Waals surface area contributed by atoms with E-state index in [-0.39, 0.29) is 5.92 Å². The van der Waals surface area contributed by atoms with Gasteiger partial charge in [0.2, 0.25) is 0 Å². The zero-order valence-corrected chi connectivity index (χ0v) is 9.80. The topological polar surface area (TPSA) is 40.5 Å². The molecule has 1 unspecified atom stereocenters. The number of hydrogen-bond donors (Lipinski definition) is 1. The molecule has 0 saturated heterocycles. The molecule has 0 bridgehead atoms. The van der Waals surface area contributed by atoms with Gasteiger partial charge in [0.15, 0.2) is 0 Å². The highest BCUT2D eigenvalue weighted by atomic mass is 16.4. The molecule has 17 heavy (non-hydrogen) atoms. The third-order valence-electron chi connectivity index (χ3n) is 3.24. The van der Waals surface area contributed by atoms with E-state index in [0.717, 1.165) is 30.8 Å². The van der Waals surface area contributed by atoms with Gasteiger partial charge >= 0.3 is 5.97 Å². The van der Waals surface area contributed by atoms with E-state index in [1.54, 1.807) is 0 Å². The lowest BCUT2D eigenvalue weighted by Crippen LogP contribution is -2.34. The maximum Gasteiger partial charge on any atom is 0.311 e. The van der Waals surface area contributed by atoms with Crippen LogP contribution in [0.5, 0.6) is 0 Å². The molecule has 0 aliphatic carbocycles. The van der Waals surface area contributed by atoms with Gasteiger partial charge in [-0.15, -0.1) is 6.58 Å². The average molecular weight is 231 g/mol. The summed E-state index contributed by atoms with van der Waals surface area (Å²) in [7, 11) is 0. The zero-order chi connectivity index (χ0) is 12.3. The summed E-state index contributed by atoms with van der Waals surface area (Å²) in [5.41, 5.74) is 2.00. The predicted octanol–water partition coefficient (Wildman–Crippen LogP) is 2.64. The van der Waals surface area contributed by atoms with E-state index in [1.165, 1.54) is 0 Å². The highest BCUT2D eigenvalue weighted by molar-refractivity contribution is 5.80. The Labute approximate surface area is 101 Å². The van der Waals surface area contributed by atoms with Crippen molar-refractivity contribution in [3.05, 3.63) is 42.5 Å². The number of benzene rings is 1. The number of rotatable bonds is 4. The summed E-state index contributed by atoms with van der Waals surface area (Å²) in [5.74, 6) is -1.08. The van der Waals surface area contributed by atoms with Crippen LogP contribution in [0.3, 0.4) is 0 Å². The first kappa shape index (κ1) is 11.7. The summed E-state index contributed by atoms with van der Waals surface area (Å²) in [5, 5.41) is 9.21. The van der Waals surface area contributed by atoms with E-state index in [4.69, 9.17) is 0 Å². The van der Waals surface area contributed by atoms with Gasteiger partial charge in [0.05, 0.1) is 5.92 Å². The van der Waals surface area contributed by atoms with Gasteiger partial charge in [-0.1, -0.05) is 24.3 Å². The molecule has 2 rings (SSSR count). The van der Waals surface area contributed by atoms with E-state index >= 15 is 0 Å². The zero-order valence-electron chi connectivity index (χ0n) is 9.80. The summed E-state index contributed by atoms with van der Waals surface area (Å²) in [4.78, 5) is 13.4. The normalized spacial score (nSPS) is 18.6. The van der Waals surface area contributed by atoms with Crippen molar-refractivity contribution in [1.29, 1.82) is 0 Å². The Morgan fingerprint density at radius 3 is 3.00 bits per heavy atom. The molecular weight excluding hydrogens is 214 g/mol. The van der Waals surface area contributed by atoms with E-state index in [9.17, 15) is 9.90 Å². The van der Waals surface area contributed by atoms with Crippen molar-refractivity contribution >= 4 is 11.7 Å². The third kappa shape index (κ3) is 2.33. The van der Waals surface area contributed by atoms with Gasteiger partial charge < -0.3 is 10.0 Å².